The molecule has 0 aromatic heterocycles. The van der Waals surface area contributed by atoms with Crippen molar-refractivity contribution >= 4 is 17.7 Å². The second-order valence-electron chi connectivity index (χ2n) is 8.00. The van der Waals surface area contributed by atoms with Crippen molar-refractivity contribution in [2.75, 3.05) is 39.3 Å². The van der Waals surface area contributed by atoms with Gasteiger partial charge in [-0.15, -0.1) is 0 Å². The van der Waals surface area contributed by atoms with Crippen LogP contribution >= 0.6 is 0 Å². The predicted molar refractivity (Wildman–Crippen MR) is 111 cm³/mol. The van der Waals surface area contributed by atoms with Gasteiger partial charge < -0.3 is 15.1 Å². The molecule has 3 amide bonds. The largest absolute Gasteiger partial charge is 0.353 e. The van der Waals surface area contributed by atoms with Crippen LogP contribution in [0.4, 0.5) is 0 Å². The maximum atomic E-state index is 13.1. The number of nitrogens with one attached hydrogen (secondary N) is 1. The Morgan fingerprint density at radius 1 is 1.07 bits per heavy atom. The molecule has 2 fully saturated rings. The number of rotatable bonds is 6. The van der Waals surface area contributed by atoms with Gasteiger partial charge in [0.15, 0.2) is 0 Å². The standard InChI is InChI=1S/C22H32N4O3/c1-3-17(2)23-20(27)16-24-12-14-25(15-13-24)22(29)19-10-7-11-26(19)21(28)18-8-5-4-6-9-18/h4-6,8-9,17,19H,3,7,10-16H2,1-2H3,(H,23,27). The molecule has 2 atom stereocenters. The molecule has 1 aromatic rings. The average molecular weight is 401 g/mol. The summed E-state index contributed by atoms with van der Waals surface area (Å²) in [7, 11) is 0. The van der Waals surface area contributed by atoms with Gasteiger partial charge in [-0.05, 0) is 38.3 Å². The molecule has 0 radical (unpaired) electrons. The summed E-state index contributed by atoms with van der Waals surface area (Å²) in [6, 6.07) is 8.97. The third-order valence-electron chi connectivity index (χ3n) is 5.89. The summed E-state index contributed by atoms with van der Waals surface area (Å²) in [6.45, 7) is 7.59. The van der Waals surface area contributed by atoms with E-state index >= 15 is 0 Å². The van der Waals surface area contributed by atoms with Crippen LogP contribution in [0, 0.1) is 0 Å². The third kappa shape index (κ3) is 5.35. The van der Waals surface area contributed by atoms with Crippen LogP contribution in [0.5, 0.6) is 0 Å². The summed E-state index contributed by atoms with van der Waals surface area (Å²) in [5.74, 6) is 0.00633. The van der Waals surface area contributed by atoms with Gasteiger partial charge in [-0.25, -0.2) is 0 Å². The van der Waals surface area contributed by atoms with Crippen LogP contribution in [0.3, 0.4) is 0 Å². The van der Waals surface area contributed by atoms with Crippen LogP contribution in [0.2, 0.25) is 0 Å². The molecular formula is C22H32N4O3. The first-order chi connectivity index (χ1) is 14.0. The molecule has 1 N–H and O–H groups in total. The number of hydrogen-bond donors (Lipinski definition) is 1. The maximum absolute atomic E-state index is 13.1. The minimum absolute atomic E-state index is 0.0366. The van der Waals surface area contributed by atoms with Crippen molar-refractivity contribution in [3.05, 3.63) is 35.9 Å². The fourth-order valence-corrected chi connectivity index (χ4v) is 3.98. The number of amides is 3. The molecule has 2 unspecified atom stereocenters. The van der Waals surface area contributed by atoms with Crippen molar-refractivity contribution in [1.29, 1.82) is 0 Å². The fourth-order valence-electron chi connectivity index (χ4n) is 3.98. The van der Waals surface area contributed by atoms with E-state index in [2.05, 4.69) is 10.2 Å². The molecular weight excluding hydrogens is 368 g/mol. The van der Waals surface area contributed by atoms with Crippen molar-refractivity contribution in [3.8, 4) is 0 Å². The first kappa shape index (κ1) is 21.3. The lowest BCUT2D eigenvalue weighted by Crippen LogP contribution is -2.55. The predicted octanol–water partition coefficient (Wildman–Crippen LogP) is 1.35. The summed E-state index contributed by atoms with van der Waals surface area (Å²) >= 11 is 0. The van der Waals surface area contributed by atoms with Crippen molar-refractivity contribution < 1.29 is 14.4 Å². The summed E-state index contributed by atoms with van der Waals surface area (Å²) in [5.41, 5.74) is 0.629. The SMILES string of the molecule is CCC(C)NC(=O)CN1CCN(C(=O)C2CCCN2C(=O)c2ccccc2)CC1. The number of benzene rings is 1. The summed E-state index contributed by atoms with van der Waals surface area (Å²) in [5, 5.41) is 2.98. The Kier molecular flexibility index (Phi) is 7.25. The zero-order valence-corrected chi connectivity index (χ0v) is 17.5. The van der Waals surface area contributed by atoms with Crippen molar-refractivity contribution in [2.45, 2.75) is 45.2 Å². The number of carbonyl (C=O) groups is 3. The van der Waals surface area contributed by atoms with Gasteiger partial charge in [0.2, 0.25) is 11.8 Å². The molecule has 2 aliphatic rings. The molecule has 0 spiro atoms. The van der Waals surface area contributed by atoms with Crippen LogP contribution in [-0.4, -0.2) is 83.8 Å². The molecule has 3 rings (SSSR count). The van der Waals surface area contributed by atoms with E-state index in [9.17, 15) is 14.4 Å². The highest BCUT2D eigenvalue weighted by molar-refractivity contribution is 5.98. The van der Waals surface area contributed by atoms with Gasteiger partial charge in [-0.3, -0.25) is 19.3 Å². The minimum Gasteiger partial charge on any atom is -0.353 e. The van der Waals surface area contributed by atoms with E-state index in [0.717, 1.165) is 19.3 Å². The second-order valence-corrected chi connectivity index (χ2v) is 8.00. The lowest BCUT2D eigenvalue weighted by Gasteiger charge is -2.37. The molecule has 7 heteroatoms. The van der Waals surface area contributed by atoms with Crippen molar-refractivity contribution in [2.24, 2.45) is 0 Å². The van der Waals surface area contributed by atoms with Gasteiger partial charge in [0.1, 0.15) is 6.04 Å². The molecule has 1 aromatic carbocycles. The molecule has 0 saturated carbocycles. The molecule has 2 saturated heterocycles. The Hall–Kier alpha value is -2.41. The summed E-state index contributed by atoms with van der Waals surface area (Å²) in [6.07, 6.45) is 2.48. The highest BCUT2D eigenvalue weighted by Crippen LogP contribution is 2.22. The van der Waals surface area contributed by atoms with Gasteiger partial charge >= 0.3 is 0 Å². The zero-order chi connectivity index (χ0) is 20.8. The average Bonchev–Trinajstić information content (AvgIpc) is 3.23. The molecule has 0 bridgehead atoms. The highest BCUT2D eigenvalue weighted by Gasteiger charge is 2.37. The normalized spacial score (nSPS) is 21.1. The van der Waals surface area contributed by atoms with Crippen molar-refractivity contribution in [3.63, 3.8) is 0 Å². The Bertz CT molecular complexity index is 716. The topological polar surface area (TPSA) is 73.0 Å². The fraction of sp³-hybridized carbons (Fsp3) is 0.591. The molecule has 0 aliphatic carbocycles. The van der Waals surface area contributed by atoms with E-state index in [1.165, 1.54) is 0 Å². The van der Waals surface area contributed by atoms with E-state index < -0.39 is 0 Å². The maximum Gasteiger partial charge on any atom is 0.254 e. The first-order valence-electron chi connectivity index (χ1n) is 10.7. The Morgan fingerprint density at radius 2 is 1.76 bits per heavy atom. The van der Waals surface area contributed by atoms with Crippen molar-refractivity contribution in [1.82, 2.24) is 20.0 Å². The number of nitrogens with zero attached hydrogens (tertiary/aromatic N) is 3. The highest BCUT2D eigenvalue weighted by atomic mass is 16.2. The Labute approximate surface area is 173 Å². The monoisotopic (exact) mass is 400 g/mol. The van der Waals surface area contributed by atoms with Gasteiger partial charge in [0.25, 0.3) is 5.91 Å². The molecule has 29 heavy (non-hydrogen) atoms. The van der Waals surface area contributed by atoms with Crippen LogP contribution in [0.25, 0.3) is 0 Å². The quantitative estimate of drug-likeness (QED) is 0.782. The summed E-state index contributed by atoms with van der Waals surface area (Å²) in [4.78, 5) is 43.7. The van der Waals surface area contributed by atoms with E-state index in [0.29, 0.717) is 44.8 Å². The van der Waals surface area contributed by atoms with Crippen LogP contribution in [-0.2, 0) is 9.59 Å². The lowest BCUT2D eigenvalue weighted by atomic mass is 10.1. The van der Waals surface area contributed by atoms with Gasteiger partial charge in [0, 0.05) is 44.3 Å². The summed E-state index contributed by atoms with van der Waals surface area (Å²) < 4.78 is 0. The number of piperazine rings is 1. The number of hydrogen-bond acceptors (Lipinski definition) is 4. The molecule has 2 aliphatic heterocycles. The van der Waals surface area contributed by atoms with Crippen LogP contribution < -0.4 is 5.32 Å². The number of carbonyl (C=O) groups excluding carboxylic acids is 3. The van der Waals surface area contributed by atoms with E-state index in [-0.39, 0.29) is 29.8 Å². The van der Waals surface area contributed by atoms with E-state index in [1.807, 2.05) is 36.9 Å². The van der Waals surface area contributed by atoms with Gasteiger partial charge in [-0.1, -0.05) is 25.1 Å². The van der Waals surface area contributed by atoms with E-state index in [1.54, 1.807) is 17.0 Å². The van der Waals surface area contributed by atoms with E-state index in [4.69, 9.17) is 0 Å². The smallest absolute Gasteiger partial charge is 0.254 e. The first-order valence-corrected chi connectivity index (χ1v) is 10.7. The molecule has 7 nitrogen and oxygen atoms in total. The second kappa shape index (κ2) is 9.87. The lowest BCUT2D eigenvalue weighted by molar-refractivity contribution is -0.137. The minimum atomic E-state index is -0.372. The molecule has 2 heterocycles. The molecule has 158 valence electrons. The number of likely N-dealkylation sites (tertiary alicyclic amines) is 1. The van der Waals surface area contributed by atoms with Gasteiger partial charge in [-0.2, -0.15) is 0 Å². The third-order valence-corrected chi connectivity index (χ3v) is 5.89. The van der Waals surface area contributed by atoms with Crippen LogP contribution in [0.15, 0.2) is 30.3 Å². The Balaban J connectivity index is 1.52. The zero-order valence-electron chi connectivity index (χ0n) is 17.5. The van der Waals surface area contributed by atoms with Crippen LogP contribution in [0.1, 0.15) is 43.5 Å². The Morgan fingerprint density at radius 3 is 2.41 bits per heavy atom. The van der Waals surface area contributed by atoms with Gasteiger partial charge in [0.05, 0.1) is 6.54 Å².